The molecule has 452 valence electrons. The molecule has 1 unspecified atom stereocenters. The first-order valence-electron chi connectivity index (χ1n) is 34.5. The van der Waals surface area contributed by atoms with Gasteiger partial charge < -0.3 is 14.2 Å². The van der Waals surface area contributed by atoms with Crippen molar-refractivity contribution in [1.29, 1.82) is 0 Å². The second-order valence-corrected chi connectivity index (χ2v) is 23.4. The summed E-state index contributed by atoms with van der Waals surface area (Å²) in [7, 11) is 0. The molecule has 0 aliphatic rings. The Morgan fingerprint density at radius 2 is 0.481 bits per heavy atom. The Hall–Kier alpha value is -2.37. The molecular formula is C71H132O6. The lowest BCUT2D eigenvalue weighted by atomic mass is 10.0. The molecule has 0 aromatic rings. The Labute approximate surface area is 480 Å². The number of hydrogen-bond acceptors (Lipinski definition) is 6. The predicted molar refractivity (Wildman–Crippen MR) is 335 cm³/mol. The van der Waals surface area contributed by atoms with Crippen LogP contribution in [0.3, 0.4) is 0 Å². The molecule has 0 aliphatic heterocycles. The lowest BCUT2D eigenvalue weighted by Crippen LogP contribution is -2.30. The quantitative estimate of drug-likeness (QED) is 0.0261. The van der Waals surface area contributed by atoms with Crippen LogP contribution in [0.15, 0.2) is 36.5 Å². The van der Waals surface area contributed by atoms with Crippen LogP contribution in [0.1, 0.15) is 380 Å². The van der Waals surface area contributed by atoms with Gasteiger partial charge in [-0.1, -0.05) is 327 Å². The van der Waals surface area contributed by atoms with E-state index in [0.717, 1.165) is 83.5 Å². The van der Waals surface area contributed by atoms with Crippen molar-refractivity contribution in [2.75, 3.05) is 13.2 Å². The molecule has 0 radical (unpaired) electrons. The number of ether oxygens (including phenoxy) is 3. The molecule has 0 spiro atoms. The van der Waals surface area contributed by atoms with Crippen molar-refractivity contribution >= 4 is 17.9 Å². The molecule has 0 N–H and O–H groups in total. The van der Waals surface area contributed by atoms with E-state index in [1.165, 1.54) is 257 Å². The molecule has 0 aromatic heterocycles. The number of rotatable bonds is 64. The van der Waals surface area contributed by atoms with Gasteiger partial charge in [-0.25, -0.2) is 0 Å². The van der Waals surface area contributed by atoms with Gasteiger partial charge in [0.05, 0.1) is 0 Å². The minimum atomic E-state index is -0.776. The van der Waals surface area contributed by atoms with E-state index < -0.39 is 6.10 Å². The lowest BCUT2D eigenvalue weighted by Gasteiger charge is -2.18. The third kappa shape index (κ3) is 64.3. The van der Waals surface area contributed by atoms with Crippen LogP contribution in [-0.4, -0.2) is 37.2 Å². The number of unbranched alkanes of at least 4 members (excludes halogenated alkanes) is 47. The highest BCUT2D eigenvalue weighted by Crippen LogP contribution is 2.18. The second kappa shape index (κ2) is 66.1. The van der Waals surface area contributed by atoms with Gasteiger partial charge in [0.1, 0.15) is 13.2 Å². The zero-order valence-electron chi connectivity index (χ0n) is 52.0. The van der Waals surface area contributed by atoms with Gasteiger partial charge in [-0.2, -0.15) is 0 Å². The third-order valence-electron chi connectivity index (χ3n) is 15.6. The average Bonchev–Trinajstić information content (AvgIpc) is 3.43. The van der Waals surface area contributed by atoms with E-state index in [4.69, 9.17) is 14.2 Å². The van der Waals surface area contributed by atoms with Crippen molar-refractivity contribution in [2.45, 2.75) is 386 Å². The van der Waals surface area contributed by atoms with Crippen LogP contribution in [0.25, 0.3) is 0 Å². The number of carbonyl (C=O) groups is 3. The fourth-order valence-corrected chi connectivity index (χ4v) is 10.4. The van der Waals surface area contributed by atoms with Crippen molar-refractivity contribution in [3.8, 4) is 0 Å². The highest BCUT2D eigenvalue weighted by Gasteiger charge is 2.19. The lowest BCUT2D eigenvalue weighted by molar-refractivity contribution is -0.167. The first-order valence-corrected chi connectivity index (χ1v) is 34.5. The number of allylic oxidation sites excluding steroid dienone is 6. The van der Waals surface area contributed by atoms with Crippen molar-refractivity contribution in [3.05, 3.63) is 36.5 Å². The van der Waals surface area contributed by atoms with E-state index in [9.17, 15) is 14.4 Å². The summed E-state index contributed by atoms with van der Waals surface area (Å²) >= 11 is 0. The van der Waals surface area contributed by atoms with Crippen LogP contribution in [-0.2, 0) is 28.6 Å². The van der Waals surface area contributed by atoms with Gasteiger partial charge in [0.25, 0.3) is 0 Å². The van der Waals surface area contributed by atoms with Crippen LogP contribution in [0.2, 0.25) is 0 Å². The van der Waals surface area contributed by atoms with E-state index in [-0.39, 0.29) is 31.1 Å². The monoisotopic (exact) mass is 1080 g/mol. The average molecular weight is 1080 g/mol. The number of esters is 3. The van der Waals surface area contributed by atoms with Crippen LogP contribution < -0.4 is 0 Å². The van der Waals surface area contributed by atoms with Gasteiger partial charge >= 0.3 is 17.9 Å². The normalized spacial score (nSPS) is 12.2. The fraction of sp³-hybridized carbons (Fsp3) is 0.873. The number of hydrogen-bond donors (Lipinski definition) is 0. The van der Waals surface area contributed by atoms with E-state index in [1.807, 2.05) is 0 Å². The molecule has 6 nitrogen and oxygen atoms in total. The second-order valence-electron chi connectivity index (χ2n) is 23.4. The van der Waals surface area contributed by atoms with Gasteiger partial charge in [0.2, 0.25) is 0 Å². The first-order chi connectivity index (χ1) is 38.0. The van der Waals surface area contributed by atoms with E-state index in [0.29, 0.717) is 19.3 Å². The van der Waals surface area contributed by atoms with Gasteiger partial charge in [0.15, 0.2) is 6.10 Å². The highest BCUT2D eigenvalue weighted by atomic mass is 16.6. The first kappa shape index (κ1) is 74.6. The standard InChI is InChI=1S/C71H132O6/c1-4-7-10-13-16-19-22-25-28-29-30-31-32-33-34-35-36-37-38-39-40-41-42-43-44-47-49-52-55-58-61-64-70(73)76-67-68(77-71(74)65-62-59-56-53-50-46-27-24-21-18-15-12-9-6-3)66-75-69(72)63-60-57-54-51-48-45-26-23-20-17-14-11-8-5-2/h15,18,24,27,29-30,68H,4-14,16-17,19-23,25-26,28,31-67H2,1-3H3/b18-15-,27-24-,30-29-. The molecule has 0 aromatic carbocycles. The van der Waals surface area contributed by atoms with Gasteiger partial charge in [-0.15, -0.1) is 0 Å². The summed E-state index contributed by atoms with van der Waals surface area (Å²) in [4.78, 5) is 38.3. The molecule has 0 heterocycles. The summed E-state index contributed by atoms with van der Waals surface area (Å²) in [6, 6.07) is 0. The Bertz CT molecular complexity index is 1290. The Kier molecular flexibility index (Phi) is 64.1. The molecule has 6 heteroatoms. The van der Waals surface area contributed by atoms with Crippen LogP contribution >= 0.6 is 0 Å². The largest absolute Gasteiger partial charge is 0.462 e. The highest BCUT2D eigenvalue weighted by molar-refractivity contribution is 5.71. The summed E-state index contributed by atoms with van der Waals surface area (Å²) in [5.74, 6) is -0.861. The Morgan fingerprint density at radius 3 is 0.766 bits per heavy atom. The zero-order valence-corrected chi connectivity index (χ0v) is 52.0. The SMILES string of the molecule is CCCC/C=C\C/C=C\CCCCCCCC(=O)OC(COC(=O)CCCCCCCCCCCCCCCC)COC(=O)CCCCCCCCCCCCCCCCCCCCC/C=C\CCCCCCCCCC. The number of carbonyl (C=O) groups excluding carboxylic acids is 3. The van der Waals surface area contributed by atoms with Crippen molar-refractivity contribution < 1.29 is 28.6 Å². The van der Waals surface area contributed by atoms with E-state index in [2.05, 4.69) is 57.2 Å². The zero-order chi connectivity index (χ0) is 55.7. The van der Waals surface area contributed by atoms with Crippen molar-refractivity contribution in [1.82, 2.24) is 0 Å². The van der Waals surface area contributed by atoms with E-state index >= 15 is 0 Å². The summed E-state index contributed by atoms with van der Waals surface area (Å²) < 4.78 is 16.9. The molecule has 0 rings (SSSR count). The third-order valence-corrected chi connectivity index (χ3v) is 15.6. The smallest absolute Gasteiger partial charge is 0.306 e. The minimum absolute atomic E-state index is 0.0726. The van der Waals surface area contributed by atoms with Gasteiger partial charge in [-0.3, -0.25) is 14.4 Å². The predicted octanol–water partition coefficient (Wildman–Crippen LogP) is 23.6. The van der Waals surface area contributed by atoms with Crippen LogP contribution in [0.4, 0.5) is 0 Å². The molecule has 1 atom stereocenters. The molecule has 0 saturated heterocycles. The Balaban J connectivity index is 4.12. The summed E-state index contributed by atoms with van der Waals surface area (Å²) in [6.07, 6.45) is 81.8. The van der Waals surface area contributed by atoms with Crippen LogP contribution in [0, 0.1) is 0 Å². The molecular weight excluding hydrogens is 949 g/mol. The minimum Gasteiger partial charge on any atom is -0.462 e. The van der Waals surface area contributed by atoms with Gasteiger partial charge in [-0.05, 0) is 70.6 Å². The molecule has 0 aliphatic carbocycles. The molecule has 0 fully saturated rings. The van der Waals surface area contributed by atoms with Crippen LogP contribution in [0.5, 0.6) is 0 Å². The molecule has 77 heavy (non-hydrogen) atoms. The molecule has 0 amide bonds. The summed E-state index contributed by atoms with van der Waals surface area (Å²) in [6.45, 7) is 6.65. The Morgan fingerprint density at radius 1 is 0.260 bits per heavy atom. The molecule has 0 saturated carbocycles. The maximum atomic E-state index is 12.9. The topological polar surface area (TPSA) is 78.9 Å². The van der Waals surface area contributed by atoms with Gasteiger partial charge in [0, 0.05) is 19.3 Å². The van der Waals surface area contributed by atoms with Crippen molar-refractivity contribution in [2.24, 2.45) is 0 Å². The fourth-order valence-electron chi connectivity index (χ4n) is 10.4. The van der Waals surface area contributed by atoms with E-state index in [1.54, 1.807) is 0 Å². The summed E-state index contributed by atoms with van der Waals surface area (Å²) in [5, 5.41) is 0. The summed E-state index contributed by atoms with van der Waals surface area (Å²) in [5.41, 5.74) is 0. The maximum absolute atomic E-state index is 12.9. The maximum Gasteiger partial charge on any atom is 0.306 e. The van der Waals surface area contributed by atoms with Crippen molar-refractivity contribution in [3.63, 3.8) is 0 Å². The molecule has 0 bridgehead atoms.